The van der Waals surface area contributed by atoms with Crippen molar-refractivity contribution in [2.24, 2.45) is 5.73 Å². The molecule has 0 unspecified atom stereocenters. The van der Waals surface area contributed by atoms with Gasteiger partial charge in [-0.25, -0.2) is 0 Å². The monoisotopic (exact) mass is 285 g/mol. The van der Waals surface area contributed by atoms with E-state index >= 15 is 0 Å². The summed E-state index contributed by atoms with van der Waals surface area (Å²) in [6.45, 7) is 0. The molecule has 2 rings (SSSR count). The van der Waals surface area contributed by atoms with Gasteiger partial charge in [-0.2, -0.15) is 0 Å². The summed E-state index contributed by atoms with van der Waals surface area (Å²) < 4.78 is 6.00. The first-order chi connectivity index (χ1) is 7.54. The van der Waals surface area contributed by atoms with Gasteiger partial charge in [0, 0.05) is 10.0 Å². The summed E-state index contributed by atoms with van der Waals surface area (Å²) in [6, 6.07) is 3.54. The van der Waals surface area contributed by atoms with Gasteiger partial charge >= 0.3 is 0 Å². The molecule has 1 aromatic rings. The first-order valence-electron chi connectivity index (χ1n) is 5.38. The summed E-state index contributed by atoms with van der Waals surface area (Å²) in [5.74, 6) is 0.673. The van der Waals surface area contributed by atoms with Crippen molar-refractivity contribution < 1.29 is 9.84 Å². The van der Waals surface area contributed by atoms with Crippen LogP contribution in [0.3, 0.4) is 0 Å². The Labute approximate surface area is 104 Å². The van der Waals surface area contributed by atoms with Gasteiger partial charge in [0.25, 0.3) is 0 Å². The van der Waals surface area contributed by atoms with Gasteiger partial charge in [0.2, 0.25) is 0 Å². The van der Waals surface area contributed by atoms with Crippen LogP contribution in [0, 0.1) is 0 Å². The molecular weight excluding hydrogens is 270 g/mol. The van der Waals surface area contributed by atoms with Crippen LogP contribution in [0.1, 0.15) is 24.8 Å². The number of aromatic hydroxyl groups is 1. The van der Waals surface area contributed by atoms with E-state index in [4.69, 9.17) is 10.5 Å². The highest BCUT2D eigenvalue weighted by molar-refractivity contribution is 9.10. The summed E-state index contributed by atoms with van der Waals surface area (Å²) in [7, 11) is 1.55. The van der Waals surface area contributed by atoms with Crippen LogP contribution >= 0.6 is 15.9 Å². The van der Waals surface area contributed by atoms with Gasteiger partial charge in [-0.1, -0.05) is 15.9 Å². The fourth-order valence-corrected chi connectivity index (χ4v) is 2.26. The Balaban J connectivity index is 2.13. The van der Waals surface area contributed by atoms with E-state index in [0.29, 0.717) is 5.75 Å². The second-order valence-electron chi connectivity index (χ2n) is 4.48. The van der Waals surface area contributed by atoms with Gasteiger partial charge < -0.3 is 15.6 Å². The molecule has 88 valence electrons. The second-order valence-corrected chi connectivity index (χ2v) is 5.33. The van der Waals surface area contributed by atoms with Crippen LogP contribution in [-0.4, -0.2) is 17.8 Å². The lowest BCUT2D eigenvalue weighted by Gasteiger charge is -2.12. The molecule has 3 N–H and O–H groups in total. The van der Waals surface area contributed by atoms with Crippen LogP contribution in [0.5, 0.6) is 11.5 Å². The highest BCUT2D eigenvalue weighted by Gasteiger charge is 2.37. The molecule has 0 aromatic heterocycles. The zero-order valence-corrected chi connectivity index (χ0v) is 10.9. The summed E-state index contributed by atoms with van der Waals surface area (Å²) >= 11 is 3.44. The van der Waals surface area contributed by atoms with Gasteiger partial charge in [-0.3, -0.25) is 0 Å². The van der Waals surface area contributed by atoms with Crippen LogP contribution in [-0.2, 0) is 6.42 Å². The lowest BCUT2D eigenvalue weighted by molar-refractivity contribution is 0.372. The minimum Gasteiger partial charge on any atom is -0.504 e. The molecule has 1 aliphatic carbocycles. The van der Waals surface area contributed by atoms with Crippen LogP contribution in [0.15, 0.2) is 16.6 Å². The van der Waals surface area contributed by atoms with Crippen molar-refractivity contribution in [3.05, 3.63) is 22.2 Å². The zero-order chi connectivity index (χ0) is 11.8. The highest BCUT2D eigenvalue weighted by Crippen LogP contribution is 2.39. The van der Waals surface area contributed by atoms with Crippen LogP contribution < -0.4 is 10.5 Å². The molecular formula is C12H16BrNO2. The van der Waals surface area contributed by atoms with Crippen molar-refractivity contribution in [2.45, 2.75) is 31.2 Å². The molecule has 0 heterocycles. The minimum atomic E-state index is 0.0601. The normalized spacial score (nSPS) is 17.2. The lowest BCUT2D eigenvalue weighted by Crippen LogP contribution is -2.22. The third-order valence-electron chi connectivity index (χ3n) is 3.13. The predicted octanol–water partition coefficient (Wildman–Crippen LogP) is 2.59. The lowest BCUT2D eigenvalue weighted by atomic mass is 10.0. The van der Waals surface area contributed by atoms with Crippen LogP contribution in [0.25, 0.3) is 0 Å². The van der Waals surface area contributed by atoms with Gasteiger partial charge in [-0.15, -0.1) is 0 Å². The second kappa shape index (κ2) is 4.26. The SMILES string of the molecule is COc1cc(CCC2(N)CC2)c(Br)cc1O. The number of rotatable bonds is 4. The fourth-order valence-electron chi connectivity index (χ4n) is 1.73. The topological polar surface area (TPSA) is 55.5 Å². The van der Waals surface area contributed by atoms with Gasteiger partial charge in [0.15, 0.2) is 11.5 Å². The largest absolute Gasteiger partial charge is 0.504 e. The molecule has 1 fully saturated rings. The van der Waals surface area contributed by atoms with E-state index in [9.17, 15) is 5.11 Å². The average molecular weight is 286 g/mol. The Kier molecular flexibility index (Phi) is 3.13. The number of phenols is 1. The summed E-state index contributed by atoms with van der Waals surface area (Å²) in [5, 5.41) is 9.58. The van der Waals surface area contributed by atoms with Crippen molar-refractivity contribution >= 4 is 15.9 Å². The maximum Gasteiger partial charge on any atom is 0.160 e. The number of hydrogen-bond donors (Lipinski definition) is 2. The summed E-state index contributed by atoms with van der Waals surface area (Å²) in [6.07, 6.45) is 4.15. The van der Waals surface area contributed by atoms with Crippen LogP contribution in [0.4, 0.5) is 0 Å². The molecule has 0 aliphatic heterocycles. The number of ether oxygens (including phenoxy) is 1. The molecule has 0 spiro atoms. The minimum absolute atomic E-state index is 0.0601. The Bertz CT molecular complexity index is 402. The number of aryl methyl sites for hydroxylation is 1. The molecule has 0 atom stereocenters. The van der Waals surface area contributed by atoms with Crippen molar-refractivity contribution in [2.75, 3.05) is 7.11 Å². The first kappa shape index (κ1) is 11.7. The Morgan fingerprint density at radius 3 is 2.75 bits per heavy atom. The molecule has 1 aromatic carbocycles. The van der Waals surface area contributed by atoms with Crippen molar-refractivity contribution in [1.82, 2.24) is 0 Å². The molecule has 0 amide bonds. The molecule has 0 saturated heterocycles. The Morgan fingerprint density at radius 2 is 2.19 bits per heavy atom. The molecule has 4 heteroatoms. The standard InChI is InChI=1S/C12H16BrNO2/c1-16-11-6-8(9(13)7-10(11)15)2-3-12(14)4-5-12/h6-7,15H,2-5,14H2,1H3. The van der Waals surface area contributed by atoms with Crippen LogP contribution in [0.2, 0.25) is 0 Å². The molecule has 1 saturated carbocycles. The molecule has 0 radical (unpaired) electrons. The Morgan fingerprint density at radius 1 is 1.50 bits per heavy atom. The van der Waals surface area contributed by atoms with Gasteiger partial charge in [-0.05, 0) is 43.4 Å². The van der Waals surface area contributed by atoms with E-state index in [1.54, 1.807) is 13.2 Å². The van der Waals surface area contributed by atoms with E-state index in [-0.39, 0.29) is 11.3 Å². The predicted molar refractivity (Wildman–Crippen MR) is 66.8 cm³/mol. The molecule has 0 bridgehead atoms. The third-order valence-corrected chi connectivity index (χ3v) is 3.87. The van der Waals surface area contributed by atoms with Gasteiger partial charge in [0.05, 0.1) is 7.11 Å². The number of benzene rings is 1. The number of methoxy groups -OCH3 is 1. The van der Waals surface area contributed by atoms with Crippen molar-refractivity contribution in [3.8, 4) is 11.5 Å². The highest BCUT2D eigenvalue weighted by atomic mass is 79.9. The maximum atomic E-state index is 9.58. The van der Waals surface area contributed by atoms with Crippen molar-refractivity contribution in [3.63, 3.8) is 0 Å². The number of halogens is 1. The van der Waals surface area contributed by atoms with E-state index in [0.717, 1.165) is 35.7 Å². The van der Waals surface area contributed by atoms with E-state index in [2.05, 4.69) is 15.9 Å². The quantitative estimate of drug-likeness (QED) is 0.894. The number of nitrogens with two attached hydrogens (primary N) is 1. The average Bonchev–Trinajstić information content (AvgIpc) is 2.96. The summed E-state index contributed by atoms with van der Waals surface area (Å²) in [4.78, 5) is 0. The fraction of sp³-hybridized carbons (Fsp3) is 0.500. The van der Waals surface area contributed by atoms with Gasteiger partial charge in [0.1, 0.15) is 0 Å². The number of phenolic OH excluding ortho intramolecular Hbond substituents is 1. The third kappa shape index (κ3) is 2.50. The van der Waals surface area contributed by atoms with E-state index < -0.39 is 0 Å². The molecule has 3 nitrogen and oxygen atoms in total. The zero-order valence-electron chi connectivity index (χ0n) is 9.29. The summed E-state index contributed by atoms with van der Waals surface area (Å²) in [5.41, 5.74) is 7.24. The molecule has 1 aliphatic rings. The van der Waals surface area contributed by atoms with E-state index in [1.165, 1.54) is 0 Å². The van der Waals surface area contributed by atoms with E-state index in [1.807, 2.05) is 6.07 Å². The molecule has 16 heavy (non-hydrogen) atoms. The number of hydrogen-bond acceptors (Lipinski definition) is 3. The maximum absolute atomic E-state index is 9.58. The van der Waals surface area contributed by atoms with Crippen molar-refractivity contribution in [1.29, 1.82) is 0 Å². The first-order valence-corrected chi connectivity index (χ1v) is 6.18. The smallest absolute Gasteiger partial charge is 0.160 e. The Hall–Kier alpha value is -0.740.